The molecule has 0 atom stereocenters. The van der Waals surface area contributed by atoms with Crippen LogP contribution in [0.5, 0.6) is 0 Å². The highest BCUT2D eigenvalue weighted by Crippen LogP contribution is 2.23. The number of carboxylic acid groups (broad SMARTS) is 1. The van der Waals surface area contributed by atoms with E-state index >= 15 is 0 Å². The molecule has 2 amide bonds. The van der Waals surface area contributed by atoms with Gasteiger partial charge in [-0.05, 0) is 44.0 Å². The van der Waals surface area contributed by atoms with E-state index in [2.05, 4.69) is 21.2 Å². The first-order valence-corrected chi connectivity index (χ1v) is 7.06. The fraction of sp³-hybridized carbons (Fsp3) is 0.429. The van der Waals surface area contributed by atoms with E-state index in [-0.39, 0.29) is 0 Å². The van der Waals surface area contributed by atoms with Gasteiger partial charge in [-0.1, -0.05) is 22.9 Å². The Hall–Kier alpha value is -1.56. The highest BCUT2D eigenvalue weighted by Gasteiger charge is 2.35. The smallest absolute Gasteiger partial charge is 0.329 e. The van der Waals surface area contributed by atoms with Crippen molar-refractivity contribution < 1.29 is 14.7 Å². The van der Waals surface area contributed by atoms with Crippen LogP contribution in [0.25, 0.3) is 0 Å². The Kier molecular flexibility index (Phi) is 5.16. The molecule has 0 unspecified atom stereocenters. The van der Waals surface area contributed by atoms with E-state index in [1.165, 1.54) is 25.8 Å². The molecule has 110 valence electrons. The zero-order valence-electron chi connectivity index (χ0n) is 12.0. The molecule has 0 spiro atoms. The molecule has 20 heavy (non-hydrogen) atoms. The Balaban J connectivity index is 2.94. The van der Waals surface area contributed by atoms with Crippen LogP contribution in [0.4, 0.5) is 10.5 Å². The second-order valence-corrected chi connectivity index (χ2v) is 5.92. The first kappa shape index (κ1) is 16.5. The number of anilines is 1. The van der Waals surface area contributed by atoms with Gasteiger partial charge in [0.25, 0.3) is 0 Å². The standard InChI is InChI=1S/C14H19BrN2O3/c1-5-9-8-10(15)6-7-11(9)16-13(20)17(4)14(2,3)12(18)19/h6-8H,5H2,1-4H3,(H,16,20)(H,18,19). The van der Waals surface area contributed by atoms with E-state index in [1.807, 2.05) is 19.1 Å². The lowest BCUT2D eigenvalue weighted by Crippen LogP contribution is -2.52. The topological polar surface area (TPSA) is 69.6 Å². The van der Waals surface area contributed by atoms with Crippen molar-refractivity contribution in [3.63, 3.8) is 0 Å². The predicted molar refractivity (Wildman–Crippen MR) is 82.0 cm³/mol. The summed E-state index contributed by atoms with van der Waals surface area (Å²) in [6, 6.07) is 5.10. The van der Waals surface area contributed by atoms with Crippen molar-refractivity contribution in [2.45, 2.75) is 32.7 Å². The van der Waals surface area contributed by atoms with Gasteiger partial charge >= 0.3 is 12.0 Å². The number of benzene rings is 1. The average Bonchev–Trinajstić information content (AvgIpc) is 2.39. The van der Waals surface area contributed by atoms with Crippen LogP contribution in [0.3, 0.4) is 0 Å². The van der Waals surface area contributed by atoms with Gasteiger partial charge in [0.2, 0.25) is 0 Å². The Morgan fingerprint density at radius 1 is 1.40 bits per heavy atom. The molecule has 5 nitrogen and oxygen atoms in total. The van der Waals surface area contributed by atoms with Gasteiger partial charge in [0.15, 0.2) is 0 Å². The quantitative estimate of drug-likeness (QED) is 0.881. The minimum absolute atomic E-state index is 0.450. The fourth-order valence-electron chi connectivity index (χ4n) is 1.57. The Labute approximate surface area is 127 Å². The molecule has 0 radical (unpaired) electrons. The zero-order chi connectivity index (χ0) is 15.5. The number of carbonyl (C=O) groups is 2. The van der Waals surface area contributed by atoms with Crippen molar-refractivity contribution in [1.82, 2.24) is 4.90 Å². The van der Waals surface area contributed by atoms with E-state index in [4.69, 9.17) is 5.11 Å². The summed E-state index contributed by atoms with van der Waals surface area (Å²) in [6.07, 6.45) is 0.765. The van der Waals surface area contributed by atoms with Gasteiger partial charge < -0.3 is 15.3 Å². The Morgan fingerprint density at radius 3 is 2.50 bits per heavy atom. The van der Waals surface area contributed by atoms with Crippen LogP contribution < -0.4 is 5.32 Å². The predicted octanol–water partition coefficient (Wildman–Crippen LogP) is 3.34. The lowest BCUT2D eigenvalue weighted by molar-refractivity contribution is -0.146. The lowest BCUT2D eigenvalue weighted by Gasteiger charge is -2.31. The first-order chi connectivity index (χ1) is 9.20. The SMILES string of the molecule is CCc1cc(Br)ccc1NC(=O)N(C)C(C)(C)C(=O)O. The fourth-order valence-corrected chi connectivity index (χ4v) is 1.98. The number of rotatable bonds is 4. The molecule has 0 aliphatic heterocycles. The van der Waals surface area contributed by atoms with Gasteiger partial charge in [-0.15, -0.1) is 0 Å². The van der Waals surface area contributed by atoms with Gasteiger partial charge in [0.1, 0.15) is 5.54 Å². The lowest BCUT2D eigenvalue weighted by atomic mass is 10.0. The summed E-state index contributed by atoms with van der Waals surface area (Å²) in [5, 5.41) is 11.9. The van der Waals surface area contributed by atoms with Gasteiger partial charge in [0.05, 0.1) is 0 Å². The number of hydrogen-bond acceptors (Lipinski definition) is 2. The molecule has 1 rings (SSSR count). The number of carboxylic acids is 1. The van der Waals surface area contributed by atoms with Crippen LogP contribution in [0.15, 0.2) is 22.7 Å². The second kappa shape index (κ2) is 6.26. The number of hydrogen-bond donors (Lipinski definition) is 2. The van der Waals surface area contributed by atoms with Crippen molar-refractivity contribution in [3.8, 4) is 0 Å². The molecule has 0 saturated heterocycles. The molecule has 6 heteroatoms. The number of aliphatic carboxylic acids is 1. The first-order valence-electron chi connectivity index (χ1n) is 6.26. The molecule has 0 fully saturated rings. The van der Waals surface area contributed by atoms with Crippen LogP contribution in [0.2, 0.25) is 0 Å². The van der Waals surface area contributed by atoms with Crippen LogP contribution in [-0.4, -0.2) is 34.6 Å². The third kappa shape index (κ3) is 3.50. The number of urea groups is 1. The third-order valence-corrected chi connectivity index (χ3v) is 3.85. The largest absolute Gasteiger partial charge is 0.480 e. The number of likely N-dealkylation sites (N-methyl/N-ethyl adjacent to an activating group) is 1. The van der Waals surface area contributed by atoms with Crippen molar-refractivity contribution in [2.24, 2.45) is 0 Å². The van der Waals surface area contributed by atoms with Crippen molar-refractivity contribution in [1.29, 1.82) is 0 Å². The second-order valence-electron chi connectivity index (χ2n) is 5.01. The Bertz CT molecular complexity index is 529. The average molecular weight is 343 g/mol. The highest BCUT2D eigenvalue weighted by molar-refractivity contribution is 9.10. The molecular formula is C14H19BrN2O3. The third-order valence-electron chi connectivity index (χ3n) is 3.36. The summed E-state index contributed by atoms with van der Waals surface area (Å²) in [4.78, 5) is 24.5. The van der Waals surface area contributed by atoms with E-state index in [0.717, 1.165) is 16.5 Å². The van der Waals surface area contributed by atoms with Crippen LogP contribution in [0.1, 0.15) is 26.3 Å². The number of amides is 2. The summed E-state index contributed by atoms with van der Waals surface area (Å²) in [6.45, 7) is 4.96. The number of nitrogens with zero attached hydrogens (tertiary/aromatic N) is 1. The molecule has 0 saturated carbocycles. The number of halogens is 1. The minimum Gasteiger partial charge on any atom is -0.480 e. The summed E-state index contributed by atoms with van der Waals surface area (Å²) in [5.74, 6) is -1.05. The number of nitrogens with one attached hydrogen (secondary N) is 1. The van der Waals surface area contributed by atoms with Gasteiger partial charge in [-0.3, -0.25) is 0 Å². The van der Waals surface area contributed by atoms with Crippen LogP contribution in [-0.2, 0) is 11.2 Å². The summed E-state index contributed by atoms with van der Waals surface area (Å²) in [7, 11) is 1.47. The molecule has 0 aromatic heterocycles. The molecule has 1 aromatic carbocycles. The van der Waals surface area contributed by atoms with Crippen LogP contribution in [0, 0.1) is 0 Å². The van der Waals surface area contributed by atoms with Crippen molar-refractivity contribution in [3.05, 3.63) is 28.2 Å². The van der Waals surface area contributed by atoms with Gasteiger partial charge in [0, 0.05) is 17.2 Å². The van der Waals surface area contributed by atoms with Gasteiger partial charge in [-0.25, -0.2) is 9.59 Å². The monoisotopic (exact) mass is 342 g/mol. The summed E-state index contributed by atoms with van der Waals surface area (Å²) < 4.78 is 0.937. The van der Waals surface area contributed by atoms with E-state index in [0.29, 0.717) is 5.69 Å². The van der Waals surface area contributed by atoms with Crippen LogP contribution >= 0.6 is 15.9 Å². The Morgan fingerprint density at radius 2 is 2.00 bits per heavy atom. The number of aryl methyl sites for hydroxylation is 1. The maximum Gasteiger partial charge on any atom is 0.329 e. The molecule has 0 aliphatic carbocycles. The summed E-state index contributed by atoms with van der Waals surface area (Å²) in [5.41, 5.74) is 0.397. The van der Waals surface area contributed by atoms with Crippen molar-refractivity contribution in [2.75, 3.05) is 12.4 Å². The maximum absolute atomic E-state index is 12.2. The molecule has 1 aromatic rings. The normalized spacial score (nSPS) is 11.1. The molecule has 0 bridgehead atoms. The van der Waals surface area contributed by atoms with Gasteiger partial charge in [-0.2, -0.15) is 0 Å². The molecule has 0 heterocycles. The maximum atomic E-state index is 12.2. The molecular weight excluding hydrogens is 324 g/mol. The molecule has 2 N–H and O–H groups in total. The molecule has 0 aliphatic rings. The van der Waals surface area contributed by atoms with E-state index < -0.39 is 17.5 Å². The number of carbonyl (C=O) groups excluding carboxylic acids is 1. The summed E-state index contributed by atoms with van der Waals surface area (Å²) >= 11 is 3.38. The van der Waals surface area contributed by atoms with E-state index in [9.17, 15) is 9.59 Å². The van der Waals surface area contributed by atoms with Crippen molar-refractivity contribution >= 4 is 33.6 Å². The highest BCUT2D eigenvalue weighted by atomic mass is 79.9. The zero-order valence-corrected chi connectivity index (χ0v) is 13.6. The van der Waals surface area contributed by atoms with E-state index in [1.54, 1.807) is 6.07 Å². The minimum atomic E-state index is -1.27.